The maximum Gasteiger partial charge on any atom is 0.182 e. The van der Waals surface area contributed by atoms with Crippen molar-refractivity contribution in [3.05, 3.63) is 200 Å². The molecule has 9 aromatic carbocycles. The number of fused-ring (bicyclic) bond motifs is 6. The van der Waals surface area contributed by atoms with E-state index in [1.54, 1.807) is 0 Å². The van der Waals surface area contributed by atoms with Gasteiger partial charge in [-0.15, -0.1) is 0 Å². The van der Waals surface area contributed by atoms with Gasteiger partial charge in [0.15, 0.2) is 17.5 Å². The summed E-state index contributed by atoms with van der Waals surface area (Å²) in [5.41, 5.74) is 6.59. The van der Waals surface area contributed by atoms with Gasteiger partial charge in [0.1, 0.15) is 11.4 Å². The lowest BCUT2D eigenvalue weighted by Crippen LogP contribution is -2.02. The molecule has 0 aliphatic rings. The van der Waals surface area contributed by atoms with E-state index in [-0.39, 0.29) is 0 Å². The summed E-state index contributed by atoms with van der Waals surface area (Å²) in [4.78, 5) is 25.3. The summed E-state index contributed by atoms with van der Waals surface area (Å²) in [7, 11) is 0. The average molecular weight is 764 g/mol. The summed E-state index contributed by atoms with van der Waals surface area (Å²) in [5, 5.41) is 13.8. The smallest absolute Gasteiger partial charge is 0.182 e. The van der Waals surface area contributed by atoms with Crippen LogP contribution < -0.4 is 0 Å². The van der Waals surface area contributed by atoms with Gasteiger partial charge < -0.3 is 0 Å². The molecular weight excluding hydrogens is 731 g/mol. The molecule has 0 aliphatic carbocycles. The lowest BCUT2D eigenvalue weighted by atomic mass is 9.90. The van der Waals surface area contributed by atoms with Crippen molar-refractivity contribution in [3.63, 3.8) is 0 Å². The van der Waals surface area contributed by atoms with Gasteiger partial charge in [0.05, 0.1) is 0 Å². The predicted molar refractivity (Wildman–Crippen MR) is 248 cm³/mol. The Labute approximate surface area is 345 Å². The van der Waals surface area contributed by atoms with Crippen LogP contribution in [0.25, 0.3) is 121 Å². The van der Waals surface area contributed by atoms with Crippen molar-refractivity contribution in [1.29, 1.82) is 0 Å². The standard InChI is InChI=1S/C55H33N5/c1-3-13-36-28-49-40(23-34(36)11-1)19-9-21-47(49)44-25-45(48-22-10-20-41-24-35-12-2-4-14-37(35)29-50(41)48)27-46(26-44)53-58-54(51-30-38-15-5-7-17-42(38)32-56-51)60-55(59-53)52-31-39-16-6-8-18-43(39)33-57-52/h1-33H. The molecule has 12 aromatic rings. The molecule has 0 aliphatic heterocycles. The molecule has 3 aromatic heterocycles. The van der Waals surface area contributed by atoms with Crippen LogP contribution in [0.2, 0.25) is 0 Å². The molecule has 0 fully saturated rings. The molecule has 0 spiro atoms. The van der Waals surface area contributed by atoms with Crippen LogP contribution in [0.5, 0.6) is 0 Å². The second-order valence-corrected chi connectivity index (χ2v) is 15.4. The normalized spacial score (nSPS) is 11.7. The molecule has 60 heavy (non-hydrogen) atoms. The Morgan fingerprint density at radius 1 is 0.250 bits per heavy atom. The molecule has 5 heteroatoms. The van der Waals surface area contributed by atoms with E-state index in [2.05, 4.69) is 164 Å². The SMILES string of the molecule is c1ccc2cc(-c3nc(-c4cc(-c5cccc6cc7ccccc7cc56)cc(-c5cccc6cc7ccccc7cc56)c4)nc(-c4cc5ccccc5cn4)n3)ncc2c1. The van der Waals surface area contributed by atoms with Crippen molar-refractivity contribution >= 4 is 64.6 Å². The molecule has 0 radical (unpaired) electrons. The van der Waals surface area contributed by atoms with Crippen molar-refractivity contribution < 1.29 is 0 Å². The zero-order chi connectivity index (χ0) is 39.6. The van der Waals surface area contributed by atoms with Gasteiger partial charge in [-0.25, -0.2) is 15.0 Å². The second-order valence-electron chi connectivity index (χ2n) is 15.4. The summed E-state index contributed by atoms with van der Waals surface area (Å²) in [6, 6.07) is 66.7. The van der Waals surface area contributed by atoms with Crippen molar-refractivity contribution in [2.45, 2.75) is 0 Å². The van der Waals surface area contributed by atoms with Gasteiger partial charge in [0, 0.05) is 28.7 Å². The number of pyridine rings is 2. The van der Waals surface area contributed by atoms with Crippen LogP contribution in [-0.2, 0) is 0 Å². The molecule has 0 N–H and O–H groups in total. The van der Waals surface area contributed by atoms with Crippen molar-refractivity contribution in [2.75, 3.05) is 0 Å². The fourth-order valence-electron chi connectivity index (χ4n) is 8.65. The maximum absolute atomic E-state index is 5.23. The summed E-state index contributed by atoms with van der Waals surface area (Å²) >= 11 is 0. The van der Waals surface area contributed by atoms with Crippen molar-refractivity contribution in [2.24, 2.45) is 0 Å². The monoisotopic (exact) mass is 763 g/mol. The van der Waals surface area contributed by atoms with E-state index >= 15 is 0 Å². The third kappa shape index (κ3) is 5.91. The van der Waals surface area contributed by atoms with Crippen LogP contribution in [0, 0.1) is 0 Å². The minimum atomic E-state index is 0.482. The Hall–Kier alpha value is -8.15. The van der Waals surface area contributed by atoms with E-state index in [0.717, 1.165) is 49.4 Å². The van der Waals surface area contributed by atoms with Gasteiger partial charge in [0.2, 0.25) is 0 Å². The van der Waals surface area contributed by atoms with Crippen LogP contribution in [0.15, 0.2) is 200 Å². The van der Waals surface area contributed by atoms with Gasteiger partial charge in [-0.05, 0) is 131 Å². The van der Waals surface area contributed by atoms with E-state index in [0.29, 0.717) is 28.9 Å². The number of nitrogens with zero attached hydrogens (tertiary/aromatic N) is 5. The fraction of sp³-hybridized carbons (Fsp3) is 0. The topological polar surface area (TPSA) is 64.5 Å². The van der Waals surface area contributed by atoms with Gasteiger partial charge in [-0.2, -0.15) is 0 Å². The molecule has 278 valence electrons. The van der Waals surface area contributed by atoms with Gasteiger partial charge in [-0.3, -0.25) is 9.97 Å². The van der Waals surface area contributed by atoms with E-state index in [1.807, 2.05) is 36.7 Å². The highest BCUT2D eigenvalue weighted by molar-refractivity contribution is 6.08. The molecule has 0 bridgehead atoms. The Bertz CT molecular complexity index is 3450. The zero-order valence-electron chi connectivity index (χ0n) is 32.3. The summed E-state index contributed by atoms with van der Waals surface area (Å²) < 4.78 is 0. The highest BCUT2D eigenvalue weighted by atomic mass is 15.1. The molecule has 0 amide bonds. The first-order valence-corrected chi connectivity index (χ1v) is 20.1. The highest BCUT2D eigenvalue weighted by Gasteiger charge is 2.18. The van der Waals surface area contributed by atoms with Crippen LogP contribution in [-0.4, -0.2) is 24.9 Å². The first kappa shape index (κ1) is 33.9. The minimum absolute atomic E-state index is 0.482. The molecule has 0 atom stereocenters. The van der Waals surface area contributed by atoms with Crippen molar-refractivity contribution in [3.8, 4) is 56.7 Å². The second kappa shape index (κ2) is 13.8. The van der Waals surface area contributed by atoms with Crippen LogP contribution in [0.4, 0.5) is 0 Å². The zero-order valence-corrected chi connectivity index (χ0v) is 32.3. The average Bonchev–Trinajstić information content (AvgIpc) is 3.31. The fourth-order valence-corrected chi connectivity index (χ4v) is 8.65. The van der Waals surface area contributed by atoms with Gasteiger partial charge in [-0.1, -0.05) is 133 Å². The third-order valence-corrected chi connectivity index (χ3v) is 11.7. The van der Waals surface area contributed by atoms with E-state index in [4.69, 9.17) is 24.9 Å². The van der Waals surface area contributed by atoms with Gasteiger partial charge >= 0.3 is 0 Å². The number of aromatic nitrogens is 5. The van der Waals surface area contributed by atoms with E-state index < -0.39 is 0 Å². The number of hydrogen-bond acceptors (Lipinski definition) is 5. The molecule has 0 saturated carbocycles. The number of hydrogen-bond donors (Lipinski definition) is 0. The van der Waals surface area contributed by atoms with Gasteiger partial charge in [0.25, 0.3) is 0 Å². The highest BCUT2D eigenvalue weighted by Crippen LogP contribution is 2.40. The molecule has 3 heterocycles. The third-order valence-electron chi connectivity index (χ3n) is 11.7. The summed E-state index contributed by atoms with van der Waals surface area (Å²) in [6.07, 6.45) is 3.77. The maximum atomic E-state index is 5.23. The molecular formula is C55H33N5. The lowest BCUT2D eigenvalue weighted by Gasteiger charge is -2.15. The Morgan fingerprint density at radius 3 is 1.05 bits per heavy atom. The largest absolute Gasteiger partial charge is 0.252 e. The van der Waals surface area contributed by atoms with Crippen molar-refractivity contribution in [1.82, 2.24) is 24.9 Å². The van der Waals surface area contributed by atoms with E-state index in [1.165, 1.54) is 43.1 Å². The quantitative estimate of drug-likeness (QED) is 0.163. The molecule has 5 nitrogen and oxygen atoms in total. The Morgan fingerprint density at radius 2 is 0.600 bits per heavy atom. The first-order chi connectivity index (χ1) is 29.7. The molecule has 0 saturated heterocycles. The first-order valence-electron chi connectivity index (χ1n) is 20.1. The van der Waals surface area contributed by atoms with E-state index in [9.17, 15) is 0 Å². The molecule has 12 rings (SSSR count). The Balaban J connectivity index is 1.13. The van der Waals surface area contributed by atoms with Crippen LogP contribution in [0.3, 0.4) is 0 Å². The van der Waals surface area contributed by atoms with Crippen LogP contribution in [0.1, 0.15) is 0 Å². The summed E-state index contributed by atoms with van der Waals surface area (Å²) in [6.45, 7) is 0. The molecule has 0 unspecified atom stereocenters. The Kier molecular flexibility index (Phi) is 7.78. The predicted octanol–water partition coefficient (Wildman–Crippen LogP) is 13.9. The van der Waals surface area contributed by atoms with Crippen LogP contribution >= 0.6 is 0 Å². The number of rotatable bonds is 5. The number of benzene rings is 9. The minimum Gasteiger partial charge on any atom is -0.252 e. The lowest BCUT2D eigenvalue weighted by molar-refractivity contribution is 1.05. The summed E-state index contributed by atoms with van der Waals surface area (Å²) in [5.74, 6) is 1.51.